The maximum Gasteiger partial charge on any atom is 0.222 e. The largest absolute Gasteiger partial charge is 0.340 e. The monoisotopic (exact) mass is 193 g/mol. The van der Waals surface area contributed by atoms with E-state index in [4.69, 9.17) is 0 Å². The molecule has 2 aliphatic heterocycles. The highest BCUT2D eigenvalue weighted by Gasteiger charge is 2.39. The van der Waals surface area contributed by atoms with Gasteiger partial charge in [-0.2, -0.15) is 0 Å². The quantitative estimate of drug-likeness (QED) is 0.625. The summed E-state index contributed by atoms with van der Waals surface area (Å²) < 4.78 is 0. The number of carbonyl (C=O) groups excluding carboxylic acids is 1. The molecule has 2 nitrogen and oxygen atoms in total. The molecule has 3 aliphatic rings. The Hall–Kier alpha value is -0.530. The van der Waals surface area contributed by atoms with Gasteiger partial charge in [0.25, 0.3) is 0 Å². The zero-order valence-electron chi connectivity index (χ0n) is 8.74. The van der Waals surface area contributed by atoms with Crippen LogP contribution in [0.15, 0.2) is 0 Å². The number of carbonyl (C=O) groups is 1. The van der Waals surface area contributed by atoms with Crippen molar-refractivity contribution in [1.29, 1.82) is 0 Å². The van der Waals surface area contributed by atoms with Crippen LogP contribution in [0.3, 0.4) is 0 Å². The summed E-state index contributed by atoms with van der Waals surface area (Å²) >= 11 is 0. The van der Waals surface area contributed by atoms with Gasteiger partial charge < -0.3 is 4.90 Å². The summed E-state index contributed by atoms with van der Waals surface area (Å²) in [5.74, 6) is 2.42. The standard InChI is InChI=1S/C12H19NO/c14-12-3-1-2-11-8-10(9-4-5-9)6-7-13(11)12/h9-11H,1-8H2/t10-,11-/m0/s1. The maximum atomic E-state index is 11.6. The molecule has 1 saturated carbocycles. The smallest absolute Gasteiger partial charge is 0.222 e. The molecule has 0 spiro atoms. The first-order chi connectivity index (χ1) is 6.84. The third kappa shape index (κ3) is 1.45. The zero-order valence-corrected chi connectivity index (χ0v) is 8.74. The van der Waals surface area contributed by atoms with Gasteiger partial charge in [-0.05, 0) is 50.4 Å². The Morgan fingerprint density at radius 2 is 1.93 bits per heavy atom. The molecule has 2 heteroatoms. The highest BCUT2D eigenvalue weighted by atomic mass is 16.2. The van der Waals surface area contributed by atoms with Crippen molar-refractivity contribution < 1.29 is 4.79 Å². The van der Waals surface area contributed by atoms with Gasteiger partial charge >= 0.3 is 0 Å². The van der Waals surface area contributed by atoms with Crippen LogP contribution in [0.25, 0.3) is 0 Å². The van der Waals surface area contributed by atoms with Gasteiger partial charge in [-0.25, -0.2) is 0 Å². The van der Waals surface area contributed by atoms with Crippen LogP contribution in [0.2, 0.25) is 0 Å². The fourth-order valence-electron chi connectivity index (χ4n) is 3.31. The Balaban J connectivity index is 1.67. The zero-order chi connectivity index (χ0) is 9.54. The lowest BCUT2D eigenvalue weighted by Gasteiger charge is -2.42. The fourth-order valence-corrected chi connectivity index (χ4v) is 3.31. The topological polar surface area (TPSA) is 20.3 Å². The van der Waals surface area contributed by atoms with Crippen LogP contribution < -0.4 is 0 Å². The highest BCUT2D eigenvalue weighted by molar-refractivity contribution is 5.77. The van der Waals surface area contributed by atoms with E-state index in [1.807, 2.05) is 0 Å². The minimum Gasteiger partial charge on any atom is -0.340 e. The van der Waals surface area contributed by atoms with E-state index in [9.17, 15) is 4.79 Å². The van der Waals surface area contributed by atoms with E-state index in [1.165, 1.54) is 32.1 Å². The second-order valence-corrected chi connectivity index (χ2v) is 5.26. The molecule has 0 unspecified atom stereocenters. The molecule has 2 atom stereocenters. The lowest BCUT2D eigenvalue weighted by molar-refractivity contribution is -0.139. The summed E-state index contributed by atoms with van der Waals surface area (Å²) in [6.07, 6.45) is 8.75. The molecule has 1 amide bonds. The summed E-state index contributed by atoms with van der Waals surface area (Å²) in [5.41, 5.74) is 0. The van der Waals surface area contributed by atoms with E-state index in [0.29, 0.717) is 11.9 Å². The van der Waals surface area contributed by atoms with Gasteiger partial charge in [0, 0.05) is 19.0 Å². The van der Waals surface area contributed by atoms with Crippen LogP contribution in [0.1, 0.15) is 44.9 Å². The van der Waals surface area contributed by atoms with Crippen LogP contribution >= 0.6 is 0 Å². The summed E-state index contributed by atoms with van der Waals surface area (Å²) in [6, 6.07) is 0.621. The molecule has 0 bridgehead atoms. The first-order valence-corrected chi connectivity index (χ1v) is 6.14. The average molecular weight is 193 g/mol. The van der Waals surface area contributed by atoms with Gasteiger partial charge in [-0.1, -0.05) is 0 Å². The third-order valence-electron chi connectivity index (χ3n) is 4.29. The summed E-state index contributed by atoms with van der Waals surface area (Å²) in [7, 11) is 0. The van der Waals surface area contributed by atoms with E-state index < -0.39 is 0 Å². The molecule has 0 aromatic rings. The second kappa shape index (κ2) is 3.25. The molecule has 2 saturated heterocycles. The van der Waals surface area contributed by atoms with Crippen LogP contribution in [0, 0.1) is 11.8 Å². The number of hydrogen-bond donors (Lipinski definition) is 0. The van der Waals surface area contributed by atoms with Crippen molar-refractivity contribution in [3.05, 3.63) is 0 Å². The lowest BCUT2D eigenvalue weighted by Crippen LogP contribution is -2.48. The molecule has 0 N–H and O–H groups in total. The van der Waals surface area contributed by atoms with E-state index in [-0.39, 0.29) is 0 Å². The number of amides is 1. The number of nitrogens with zero attached hydrogens (tertiary/aromatic N) is 1. The van der Waals surface area contributed by atoms with Crippen molar-refractivity contribution in [2.24, 2.45) is 11.8 Å². The third-order valence-corrected chi connectivity index (χ3v) is 4.29. The van der Waals surface area contributed by atoms with Crippen LogP contribution in [0.5, 0.6) is 0 Å². The average Bonchev–Trinajstić information content (AvgIpc) is 3.01. The molecule has 0 aromatic heterocycles. The van der Waals surface area contributed by atoms with Gasteiger partial charge in [0.1, 0.15) is 0 Å². The molecule has 78 valence electrons. The molecule has 3 fully saturated rings. The van der Waals surface area contributed by atoms with Crippen molar-refractivity contribution in [1.82, 2.24) is 4.90 Å². The molecule has 2 heterocycles. The van der Waals surface area contributed by atoms with Gasteiger partial charge in [0.2, 0.25) is 5.91 Å². The molecule has 14 heavy (non-hydrogen) atoms. The predicted octanol–water partition coefficient (Wildman–Crippen LogP) is 2.19. The number of piperidine rings is 2. The molecule has 1 aliphatic carbocycles. The Labute approximate surface area is 85.7 Å². The predicted molar refractivity (Wildman–Crippen MR) is 54.8 cm³/mol. The number of fused-ring (bicyclic) bond motifs is 1. The summed E-state index contributed by atoms with van der Waals surface area (Å²) in [6.45, 7) is 1.06. The van der Waals surface area contributed by atoms with Gasteiger partial charge in [-0.3, -0.25) is 4.79 Å². The van der Waals surface area contributed by atoms with E-state index in [2.05, 4.69) is 4.90 Å². The van der Waals surface area contributed by atoms with Crippen LogP contribution in [0.4, 0.5) is 0 Å². The van der Waals surface area contributed by atoms with Gasteiger partial charge in [-0.15, -0.1) is 0 Å². The normalized spacial score (nSPS) is 38.3. The maximum absolute atomic E-state index is 11.6. The Bertz CT molecular complexity index is 247. The highest BCUT2D eigenvalue weighted by Crippen LogP contribution is 2.44. The first kappa shape index (κ1) is 8.75. The summed E-state index contributed by atoms with van der Waals surface area (Å²) in [5, 5.41) is 0. The Morgan fingerprint density at radius 3 is 2.71 bits per heavy atom. The number of hydrogen-bond acceptors (Lipinski definition) is 1. The van der Waals surface area contributed by atoms with E-state index in [0.717, 1.165) is 31.2 Å². The van der Waals surface area contributed by atoms with Gasteiger partial charge in [0.05, 0.1) is 0 Å². The SMILES string of the molecule is O=C1CCC[C@H]2C[C@@H](C3CC3)CCN12. The molecular weight excluding hydrogens is 174 g/mol. The Kier molecular flexibility index (Phi) is 2.03. The van der Waals surface area contributed by atoms with E-state index >= 15 is 0 Å². The molecule has 3 rings (SSSR count). The minimum absolute atomic E-state index is 0.426. The van der Waals surface area contributed by atoms with Crippen molar-refractivity contribution in [2.45, 2.75) is 51.0 Å². The molecular formula is C12H19NO. The number of rotatable bonds is 1. The molecule has 0 aromatic carbocycles. The van der Waals surface area contributed by atoms with Crippen molar-refractivity contribution in [3.8, 4) is 0 Å². The van der Waals surface area contributed by atoms with Gasteiger partial charge in [0.15, 0.2) is 0 Å². The Morgan fingerprint density at radius 1 is 1.07 bits per heavy atom. The van der Waals surface area contributed by atoms with Crippen LogP contribution in [-0.2, 0) is 4.79 Å². The van der Waals surface area contributed by atoms with E-state index in [1.54, 1.807) is 0 Å². The minimum atomic E-state index is 0.426. The fraction of sp³-hybridized carbons (Fsp3) is 0.917. The van der Waals surface area contributed by atoms with Crippen molar-refractivity contribution in [2.75, 3.05) is 6.54 Å². The lowest BCUT2D eigenvalue weighted by atomic mass is 9.83. The first-order valence-electron chi connectivity index (χ1n) is 6.14. The van der Waals surface area contributed by atoms with Crippen LogP contribution in [-0.4, -0.2) is 23.4 Å². The van der Waals surface area contributed by atoms with Crippen molar-refractivity contribution in [3.63, 3.8) is 0 Å². The summed E-state index contributed by atoms with van der Waals surface area (Å²) in [4.78, 5) is 13.8. The second-order valence-electron chi connectivity index (χ2n) is 5.26. The molecule has 0 radical (unpaired) electrons. The van der Waals surface area contributed by atoms with Crippen molar-refractivity contribution >= 4 is 5.91 Å².